The fraction of sp³-hybridized carbons (Fsp3) is 0.538. The molecule has 1 unspecified atom stereocenters. The molecule has 18 heavy (non-hydrogen) atoms. The molecule has 0 radical (unpaired) electrons. The first kappa shape index (κ1) is 13.5. The van der Waals surface area contributed by atoms with E-state index in [1.54, 1.807) is 24.3 Å². The van der Waals surface area contributed by atoms with Crippen LogP contribution in [0.5, 0.6) is 0 Å². The molecule has 100 valence electrons. The van der Waals surface area contributed by atoms with Crippen molar-refractivity contribution in [1.29, 1.82) is 0 Å². The van der Waals surface area contributed by atoms with Crippen LogP contribution in [-0.4, -0.2) is 27.7 Å². The van der Waals surface area contributed by atoms with Gasteiger partial charge in [-0.25, -0.2) is 13.1 Å². The third-order valence-electron chi connectivity index (χ3n) is 3.11. The normalized spacial score (nSPS) is 20.8. The second kappa shape index (κ2) is 5.82. The third-order valence-corrected chi connectivity index (χ3v) is 4.55. The lowest BCUT2D eigenvalue weighted by Crippen LogP contribution is -2.35. The van der Waals surface area contributed by atoms with Gasteiger partial charge in [0, 0.05) is 13.2 Å². The minimum Gasteiger partial charge on any atom is -0.377 e. The summed E-state index contributed by atoms with van der Waals surface area (Å²) < 4.78 is 32.2. The largest absolute Gasteiger partial charge is 0.377 e. The van der Waals surface area contributed by atoms with Gasteiger partial charge in [-0.2, -0.15) is 0 Å². The van der Waals surface area contributed by atoms with Crippen LogP contribution in [0, 0.1) is 6.92 Å². The smallest absolute Gasteiger partial charge is 0.240 e. The summed E-state index contributed by atoms with van der Waals surface area (Å²) in [6, 6.07) is 6.84. The molecule has 4 nitrogen and oxygen atoms in total. The summed E-state index contributed by atoms with van der Waals surface area (Å²) in [5.74, 6) is 0. The number of benzene rings is 1. The van der Waals surface area contributed by atoms with Gasteiger partial charge in [-0.3, -0.25) is 0 Å². The van der Waals surface area contributed by atoms with E-state index in [1.807, 2.05) is 6.92 Å². The van der Waals surface area contributed by atoms with Gasteiger partial charge in [0.2, 0.25) is 10.0 Å². The van der Waals surface area contributed by atoms with Crippen molar-refractivity contribution in [2.24, 2.45) is 0 Å². The molecular formula is C13H19NO3S. The average molecular weight is 269 g/mol. The van der Waals surface area contributed by atoms with Gasteiger partial charge >= 0.3 is 0 Å². The van der Waals surface area contributed by atoms with Crippen LogP contribution in [0.15, 0.2) is 29.2 Å². The summed E-state index contributed by atoms with van der Waals surface area (Å²) in [5, 5.41) is 0. The highest BCUT2D eigenvalue weighted by atomic mass is 32.2. The molecule has 1 fully saturated rings. The zero-order chi connectivity index (χ0) is 13.0. The molecule has 1 aromatic rings. The maximum atomic E-state index is 12.0. The van der Waals surface area contributed by atoms with Gasteiger partial charge in [0.15, 0.2) is 0 Å². The minimum absolute atomic E-state index is 0.0129. The van der Waals surface area contributed by atoms with Gasteiger partial charge in [-0.05, 0) is 38.3 Å². The molecule has 0 aliphatic carbocycles. The molecule has 1 heterocycles. The molecule has 0 bridgehead atoms. The maximum absolute atomic E-state index is 12.0. The lowest BCUT2D eigenvalue weighted by atomic mass is 10.1. The highest BCUT2D eigenvalue weighted by Gasteiger charge is 2.18. The standard InChI is InChI=1S/C13H19NO3S/c1-11-5-7-13(8-6-11)18(15,16)14-10-12-4-2-3-9-17-12/h5-8,12,14H,2-4,9-10H2,1H3. The second-order valence-corrected chi connectivity index (χ2v) is 6.42. The Morgan fingerprint density at radius 3 is 2.61 bits per heavy atom. The van der Waals surface area contributed by atoms with Gasteiger partial charge in [0.25, 0.3) is 0 Å². The zero-order valence-electron chi connectivity index (χ0n) is 10.6. The summed E-state index contributed by atoms with van der Waals surface area (Å²) in [6.07, 6.45) is 3.12. The van der Waals surface area contributed by atoms with Crippen LogP contribution in [0.1, 0.15) is 24.8 Å². The highest BCUT2D eigenvalue weighted by molar-refractivity contribution is 7.89. The number of ether oxygens (including phenoxy) is 1. The van der Waals surface area contributed by atoms with Crippen molar-refractivity contribution in [1.82, 2.24) is 4.72 Å². The summed E-state index contributed by atoms with van der Waals surface area (Å²) in [7, 11) is -3.41. The molecule has 0 saturated carbocycles. The summed E-state index contributed by atoms with van der Waals surface area (Å²) in [5.41, 5.74) is 1.05. The Balaban J connectivity index is 1.96. The molecular weight excluding hydrogens is 250 g/mol. The molecule has 1 aliphatic heterocycles. The summed E-state index contributed by atoms with van der Waals surface area (Å²) in [6.45, 7) is 3.02. The van der Waals surface area contributed by atoms with E-state index >= 15 is 0 Å². The lowest BCUT2D eigenvalue weighted by molar-refractivity contribution is 0.0200. The SMILES string of the molecule is Cc1ccc(S(=O)(=O)NCC2CCCCO2)cc1. The molecule has 1 N–H and O–H groups in total. The van der Waals surface area contributed by atoms with Gasteiger partial charge in [-0.15, -0.1) is 0 Å². The number of hydrogen-bond donors (Lipinski definition) is 1. The predicted molar refractivity (Wildman–Crippen MR) is 70.0 cm³/mol. The molecule has 1 aromatic carbocycles. The molecule has 0 amide bonds. The number of sulfonamides is 1. The molecule has 1 atom stereocenters. The van der Waals surface area contributed by atoms with E-state index in [1.165, 1.54) is 0 Å². The molecule has 1 aliphatic rings. The molecule has 1 saturated heterocycles. The first-order valence-electron chi connectivity index (χ1n) is 6.26. The van der Waals surface area contributed by atoms with E-state index in [0.717, 1.165) is 31.4 Å². The number of rotatable bonds is 4. The lowest BCUT2D eigenvalue weighted by Gasteiger charge is -2.22. The van der Waals surface area contributed by atoms with E-state index in [0.29, 0.717) is 11.4 Å². The second-order valence-electron chi connectivity index (χ2n) is 4.65. The van der Waals surface area contributed by atoms with Crippen molar-refractivity contribution in [3.05, 3.63) is 29.8 Å². The number of aryl methyl sites for hydroxylation is 1. The van der Waals surface area contributed by atoms with Gasteiger partial charge in [0.1, 0.15) is 0 Å². The molecule has 0 spiro atoms. The quantitative estimate of drug-likeness (QED) is 0.907. The molecule has 5 heteroatoms. The van der Waals surface area contributed by atoms with Crippen LogP contribution in [-0.2, 0) is 14.8 Å². The Kier molecular flexibility index (Phi) is 4.37. The van der Waals surface area contributed by atoms with Gasteiger partial charge in [-0.1, -0.05) is 17.7 Å². The average Bonchev–Trinajstić information content (AvgIpc) is 2.38. The van der Waals surface area contributed by atoms with Crippen LogP contribution in [0.2, 0.25) is 0 Å². The van der Waals surface area contributed by atoms with E-state index in [4.69, 9.17) is 4.74 Å². The Labute approximate surface area is 108 Å². The third kappa shape index (κ3) is 3.54. The van der Waals surface area contributed by atoms with Crippen molar-refractivity contribution in [2.45, 2.75) is 37.2 Å². The van der Waals surface area contributed by atoms with Crippen LogP contribution >= 0.6 is 0 Å². The first-order valence-corrected chi connectivity index (χ1v) is 7.74. The summed E-state index contributed by atoms with van der Waals surface area (Å²) >= 11 is 0. The number of hydrogen-bond acceptors (Lipinski definition) is 3. The monoisotopic (exact) mass is 269 g/mol. The summed E-state index contributed by atoms with van der Waals surface area (Å²) in [4.78, 5) is 0.309. The predicted octanol–water partition coefficient (Wildman–Crippen LogP) is 1.84. The fourth-order valence-corrected chi connectivity index (χ4v) is 3.04. The minimum atomic E-state index is -3.41. The van der Waals surface area contributed by atoms with Crippen molar-refractivity contribution < 1.29 is 13.2 Å². The van der Waals surface area contributed by atoms with Crippen LogP contribution < -0.4 is 4.72 Å². The van der Waals surface area contributed by atoms with E-state index in [9.17, 15) is 8.42 Å². The first-order chi connectivity index (χ1) is 8.58. The highest BCUT2D eigenvalue weighted by Crippen LogP contribution is 2.14. The van der Waals surface area contributed by atoms with Crippen LogP contribution in [0.4, 0.5) is 0 Å². The van der Waals surface area contributed by atoms with Crippen molar-refractivity contribution in [3.8, 4) is 0 Å². The fourth-order valence-electron chi connectivity index (χ4n) is 1.97. The van der Waals surface area contributed by atoms with Gasteiger partial charge < -0.3 is 4.74 Å². The van der Waals surface area contributed by atoms with Crippen molar-refractivity contribution in [3.63, 3.8) is 0 Å². The van der Waals surface area contributed by atoms with Crippen LogP contribution in [0.3, 0.4) is 0 Å². The van der Waals surface area contributed by atoms with E-state index < -0.39 is 10.0 Å². The number of nitrogens with one attached hydrogen (secondary N) is 1. The Hall–Kier alpha value is -0.910. The van der Waals surface area contributed by atoms with Crippen molar-refractivity contribution in [2.75, 3.05) is 13.2 Å². The van der Waals surface area contributed by atoms with E-state index in [2.05, 4.69) is 4.72 Å². The van der Waals surface area contributed by atoms with Crippen LogP contribution in [0.25, 0.3) is 0 Å². The Bertz CT molecular complexity index is 475. The Morgan fingerprint density at radius 1 is 1.28 bits per heavy atom. The molecule has 2 rings (SSSR count). The Morgan fingerprint density at radius 2 is 2.00 bits per heavy atom. The van der Waals surface area contributed by atoms with Gasteiger partial charge in [0.05, 0.1) is 11.0 Å². The topological polar surface area (TPSA) is 55.4 Å². The van der Waals surface area contributed by atoms with E-state index in [-0.39, 0.29) is 6.10 Å². The van der Waals surface area contributed by atoms with Crippen molar-refractivity contribution >= 4 is 10.0 Å². The zero-order valence-corrected chi connectivity index (χ0v) is 11.4. The maximum Gasteiger partial charge on any atom is 0.240 e. The molecule has 0 aromatic heterocycles.